The summed E-state index contributed by atoms with van der Waals surface area (Å²) in [6.07, 6.45) is 5.17. The van der Waals surface area contributed by atoms with E-state index < -0.39 is 0 Å². The van der Waals surface area contributed by atoms with Crippen LogP contribution in [0.5, 0.6) is 0 Å². The van der Waals surface area contributed by atoms with Gasteiger partial charge >= 0.3 is 0 Å². The first-order chi connectivity index (χ1) is 8.33. The van der Waals surface area contributed by atoms with Crippen LogP contribution in [-0.2, 0) is 12.8 Å². The molecular weight excluding hydrogens is 208 g/mol. The van der Waals surface area contributed by atoms with Crippen molar-refractivity contribution in [3.05, 3.63) is 29.3 Å². The zero-order valence-corrected chi connectivity index (χ0v) is 10.7. The summed E-state index contributed by atoms with van der Waals surface area (Å²) in [4.78, 5) is 2.39. The minimum atomic E-state index is 0.890. The van der Waals surface area contributed by atoms with E-state index in [2.05, 4.69) is 35.5 Å². The molecule has 1 aromatic rings. The maximum atomic E-state index is 3.44. The topological polar surface area (TPSA) is 15.3 Å². The number of likely N-dealkylation sites (N-methyl/N-ethyl adjacent to an activating group) is 1. The van der Waals surface area contributed by atoms with Gasteiger partial charge in [0, 0.05) is 19.3 Å². The second-order valence-electron chi connectivity index (χ2n) is 5.53. The van der Waals surface area contributed by atoms with E-state index in [9.17, 15) is 0 Å². The van der Waals surface area contributed by atoms with E-state index in [1.165, 1.54) is 62.1 Å². The lowest BCUT2D eigenvalue weighted by Gasteiger charge is -2.23. The molecule has 17 heavy (non-hydrogen) atoms. The van der Waals surface area contributed by atoms with Crippen LogP contribution in [0.15, 0.2) is 18.2 Å². The van der Waals surface area contributed by atoms with Crippen molar-refractivity contribution in [2.45, 2.75) is 25.7 Å². The normalized spacial score (nSPS) is 20.6. The van der Waals surface area contributed by atoms with E-state index >= 15 is 0 Å². The third kappa shape index (κ3) is 2.32. The van der Waals surface area contributed by atoms with Gasteiger partial charge in [0.1, 0.15) is 0 Å². The molecule has 0 atom stereocenters. The Labute approximate surface area is 104 Å². The molecule has 0 radical (unpaired) electrons. The van der Waals surface area contributed by atoms with Gasteiger partial charge in [0.2, 0.25) is 0 Å². The van der Waals surface area contributed by atoms with Gasteiger partial charge in [-0.25, -0.2) is 0 Å². The van der Waals surface area contributed by atoms with Crippen LogP contribution in [0, 0.1) is 5.92 Å². The summed E-state index contributed by atoms with van der Waals surface area (Å²) in [5.41, 5.74) is 4.53. The highest BCUT2D eigenvalue weighted by molar-refractivity contribution is 5.58. The molecule has 92 valence electrons. The molecule has 0 unspecified atom stereocenters. The summed E-state index contributed by atoms with van der Waals surface area (Å²) in [5.74, 6) is 0.890. The van der Waals surface area contributed by atoms with Crippen molar-refractivity contribution in [1.82, 2.24) is 5.32 Å². The summed E-state index contributed by atoms with van der Waals surface area (Å²) in [6, 6.07) is 7.11. The summed E-state index contributed by atoms with van der Waals surface area (Å²) < 4.78 is 0. The smallest absolute Gasteiger partial charge is 0.0399 e. The molecule has 2 aliphatic heterocycles. The van der Waals surface area contributed by atoms with E-state index in [-0.39, 0.29) is 0 Å². The molecule has 2 nitrogen and oxygen atoms in total. The first-order valence-electron chi connectivity index (χ1n) is 6.86. The van der Waals surface area contributed by atoms with E-state index in [0.29, 0.717) is 0 Å². The SMILES string of the molecule is CN1CCc2ccc(CC3CCNCC3)cc21. The third-order valence-corrected chi connectivity index (χ3v) is 4.26. The molecule has 1 aromatic carbocycles. The van der Waals surface area contributed by atoms with Crippen molar-refractivity contribution in [2.75, 3.05) is 31.6 Å². The molecule has 0 aliphatic carbocycles. The van der Waals surface area contributed by atoms with Crippen LogP contribution in [-0.4, -0.2) is 26.7 Å². The summed E-state index contributed by atoms with van der Waals surface area (Å²) in [6.45, 7) is 3.59. The molecule has 0 saturated carbocycles. The molecule has 0 bridgehead atoms. The zero-order valence-electron chi connectivity index (χ0n) is 10.7. The first kappa shape index (κ1) is 11.1. The minimum absolute atomic E-state index is 0.890. The van der Waals surface area contributed by atoms with Gasteiger partial charge in [0.05, 0.1) is 0 Å². The van der Waals surface area contributed by atoms with Gasteiger partial charge in [-0.1, -0.05) is 12.1 Å². The molecule has 1 N–H and O–H groups in total. The van der Waals surface area contributed by atoms with Crippen molar-refractivity contribution >= 4 is 5.69 Å². The standard InChI is InChI=1S/C15H22N2/c1-17-9-6-14-3-2-13(11-15(14)17)10-12-4-7-16-8-5-12/h2-3,11-12,16H,4-10H2,1H3. The molecule has 0 aromatic heterocycles. The Hall–Kier alpha value is -1.02. The summed E-state index contributed by atoms with van der Waals surface area (Å²) in [5, 5.41) is 3.44. The molecule has 1 fully saturated rings. The number of rotatable bonds is 2. The quantitative estimate of drug-likeness (QED) is 0.838. The maximum absolute atomic E-state index is 3.44. The number of benzene rings is 1. The third-order valence-electron chi connectivity index (χ3n) is 4.26. The monoisotopic (exact) mass is 230 g/mol. The van der Waals surface area contributed by atoms with Gasteiger partial charge in [-0.3, -0.25) is 0 Å². The van der Waals surface area contributed by atoms with Gasteiger partial charge in [-0.2, -0.15) is 0 Å². The number of nitrogens with one attached hydrogen (secondary N) is 1. The van der Waals surface area contributed by atoms with Crippen molar-refractivity contribution in [3.63, 3.8) is 0 Å². The van der Waals surface area contributed by atoms with Gasteiger partial charge in [0.15, 0.2) is 0 Å². The van der Waals surface area contributed by atoms with Gasteiger partial charge < -0.3 is 10.2 Å². The number of hydrogen-bond acceptors (Lipinski definition) is 2. The fourth-order valence-electron chi connectivity index (χ4n) is 3.13. The van der Waals surface area contributed by atoms with Crippen LogP contribution in [0.25, 0.3) is 0 Å². The molecule has 2 heteroatoms. The Bertz CT molecular complexity index is 394. The van der Waals surface area contributed by atoms with Crippen molar-refractivity contribution in [1.29, 1.82) is 0 Å². The average molecular weight is 230 g/mol. The molecule has 2 heterocycles. The fraction of sp³-hybridized carbons (Fsp3) is 0.600. The van der Waals surface area contributed by atoms with Gasteiger partial charge in [0.25, 0.3) is 0 Å². The second-order valence-corrected chi connectivity index (χ2v) is 5.53. The summed E-state index contributed by atoms with van der Waals surface area (Å²) >= 11 is 0. The van der Waals surface area contributed by atoms with Gasteiger partial charge in [-0.05, 0) is 61.9 Å². The molecule has 0 amide bonds. The molecule has 2 aliphatic rings. The van der Waals surface area contributed by atoms with E-state index in [1.807, 2.05) is 0 Å². The van der Waals surface area contributed by atoms with Crippen LogP contribution >= 0.6 is 0 Å². The lowest BCUT2D eigenvalue weighted by atomic mass is 9.90. The lowest BCUT2D eigenvalue weighted by molar-refractivity contribution is 0.372. The molecular formula is C15H22N2. The van der Waals surface area contributed by atoms with Crippen molar-refractivity contribution in [3.8, 4) is 0 Å². The van der Waals surface area contributed by atoms with E-state index in [4.69, 9.17) is 0 Å². The molecule has 0 spiro atoms. The fourth-order valence-corrected chi connectivity index (χ4v) is 3.13. The van der Waals surface area contributed by atoms with Gasteiger partial charge in [-0.15, -0.1) is 0 Å². The Balaban J connectivity index is 1.73. The predicted molar refractivity (Wildman–Crippen MR) is 72.7 cm³/mol. The number of fused-ring (bicyclic) bond motifs is 1. The van der Waals surface area contributed by atoms with E-state index in [1.54, 1.807) is 0 Å². The lowest BCUT2D eigenvalue weighted by Crippen LogP contribution is -2.28. The average Bonchev–Trinajstić information content (AvgIpc) is 2.73. The highest BCUT2D eigenvalue weighted by Crippen LogP contribution is 2.29. The Morgan fingerprint density at radius 3 is 2.94 bits per heavy atom. The molecule has 3 rings (SSSR count). The first-order valence-corrected chi connectivity index (χ1v) is 6.86. The van der Waals surface area contributed by atoms with Crippen LogP contribution in [0.3, 0.4) is 0 Å². The summed E-state index contributed by atoms with van der Waals surface area (Å²) in [7, 11) is 2.21. The number of piperidine rings is 1. The second kappa shape index (κ2) is 4.69. The van der Waals surface area contributed by atoms with Crippen LogP contribution in [0.2, 0.25) is 0 Å². The largest absolute Gasteiger partial charge is 0.374 e. The number of nitrogens with zero attached hydrogens (tertiary/aromatic N) is 1. The molecule has 1 saturated heterocycles. The zero-order chi connectivity index (χ0) is 11.7. The Morgan fingerprint density at radius 1 is 1.29 bits per heavy atom. The highest BCUT2D eigenvalue weighted by atomic mass is 15.1. The van der Waals surface area contributed by atoms with Crippen molar-refractivity contribution in [2.24, 2.45) is 5.92 Å². The van der Waals surface area contributed by atoms with E-state index in [0.717, 1.165) is 5.92 Å². The number of anilines is 1. The maximum Gasteiger partial charge on any atom is 0.0399 e. The van der Waals surface area contributed by atoms with Crippen LogP contribution < -0.4 is 10.2 Å². The minimum Gasteiger partial charge on any atom is -0.374 e. The van der Waals surface area contributed by atoms with Crippen molar-refractivity contribution < 1.29 is 0 Å². The van der Waals surface area contributed by atoms with Crippen LogP contribution in [0.4, 0.5) is 5.69 Å². The number of hydrogen-bond donors (Lipinski definition) is 1. The van der Waals surface area contributed by atoms with Crippen LogP contribution in [0.1, 0.15) is 24.0 Å². The Morgan fingerprint density at radius 2 is 2.12 bits per heavy atom. The Kier molecular flexibility index (Phi) is 3.06. The highest BCUT2D eigenvalue weighted by Gasteiger charge is 2.18. The predicted octanol–water partition coefficient (Wildman–Crippen LogP) is 2.22.